The SMILES string of the molecule is CN1CCNCC1CC#CC(N)=O. The third-order valence-corrected chi connectivity index (χ3v) is 2.19. The van der Waals surface area contributed by atoms with Crippen molar-refractivity contribution in [2.24, 2.45) is 5.73 Å². The minimum Gasteiger partial charge on any atom is -0.359 e. The zero-order valence-electron chi connectivity index (χ0n) is 7.84. The molecule has 1 fully saturated rings. The lowest BCUT2D eigenvalue weighted by Crippen LogP contribution is -2.48. The summed E-state index contributed by atoms with van der Waals surface area (Å²) in [5.41, 5.74) is 4.90. The monoisotopic (exact) mass is 181 g/mol. The van der Waals surface area contributed by atoms with Gasteiger partial charge in [0.1, 0.15) is 0 Å². The Kier molecular flexibility index (Phi) is 3.74. The summed E-state index contributed by atoms with van der Waals surface area (Å²) in [5, 5.41) is 3.28. The fourth-order valence-electron chi connectivity index (χ4n) is 1.35. The molecule has 1 aliphatic rings. The molecule has 0 aliphatic carbocycles. The van der Waals surface area contributed by atoms with E-state index in [0.717, 1.165) is 19.6 Å². The molecule has 1 unspecified atom stereocenters. The van der Waals surface area contributed by atoms with Crippen molar-refractivity contribution in [3.63, 3.8) is 0 Å². The van der Waals surface area contributed by atoms with Crippen LogP contribution in [0.2, 0.25) is 0 Å². The first kappa shape index (κ1) is 10.0. The average molecular weight is 181 g/mol. The van der Waals surface area contributed by atoms with Gasteiger partial charge in [0.25, 0.3) is 5.91 Å². The predicted octanol–water partition coefficient (Wildman–Crippen LogP) is -1.23. The molecular formula is C9H15N3O. The van der Waals surface area contributed by atoms with E-state index >= 15 is 0 Å². The highest BCUT2D eigenvalue weighted by molar-refractivity contribution is 5.91. The van der Waals surface area contributed by atoms with E-state index in [1.165, 1.54) is 0 Å². The first-order valence-corrected chi connectivity index (χ1v) is 4.39. The van der Waals surface area contributed by atoms with Crippen molar-refractivity contribution in [1.82, 2.24) is 10.2 Å². The molecule has 0 aromatic carbocycles. The van der Waals surface area contributed by atoms with Crippen molar-refractivity contribution >= 4 is 5.91 Å². The number of hydrogen-bond donors (Lipinski definition) is 2. The smallest absolute Gasteiger partial charge is 0.293 e. The second kappa shape index (κ2) is 4.85. The summed E-state index contributed by atoms with van der Waals surface area (Å²) < 4.78 is 0. The molecule has 1 heterocycles. The maximum absolute atomic E-state index is 10.3. The molecule has 1 aliphatic heterocycles. The van der Waals surface area contributed by atoms with E-state index in [1.807, 2.05) is 0 Å². The van der Waals surface area contributed by atoms with Gasteiger partial charge in [0.2, 0.25) is 0 Å². The van der Waals surface area contributed by atoms with Gasteiger partial charge in [0.15, 0.2) is 0 Å². The summed E-state index contributed by atoms with van der Waals surface area (Å²) in [7, 11) is 2.07. The van der Waals surface area contributed by atoms with Crippen LogP contribution >= 0.6 is 0 Å². The lowest BCUT2D eigenvalue weighted by Gasteiger charge is -2.31. The number of hydrogen-bond acceptors (Lipinski definition) is 3. The first-order chi connectivity index (χ1) is 6.20. The lowest BCUT2D eigenvalue weighted by atomic mass is 10.1. The van der Waals surface area contributed by atoms with E-state index in [4.69, 9.17) is 5.73 Å². The summed E-state index contributed by atoms with van der Waals surface area (Å²) in [5.74, 6) is 4.58. The van der Waals surface area contributed by atoms with Gasteiger partial charge in [-0.25, -0.2) is 0 Å². The predicted molar refractivity (Wildman–Crippen MR) is 50.9 cm³/mol. The van der Waals surface area contributed by atoms with Crippen molar-refractivity contribution in [3.8, 4) is 11.8 Å². The molecule has 4 heteroatoms. The first-order valence-electron chi connectivity index (χ1n) is 4.39. The molecule has 0 aromatic heterocycles. The minimum absolute atomic E-state index is 0.403. The van der Waals surface area contributed by atoms with Gasteiger partial charge in [-0.2, -0.15) is 0 Å². The Morgan fingerprint density at radius 1 is 1.77 bits per heavy atom. The van der Waals surface area contributed by atoms with Gasteiger partial charge < -0.3 is 11.1 Å². The van der Waals surface area contributed by atoms with Crippen LogP contribution in [0, 0.1) is 11.8 Å². The molecule has 1 saturated heterocycles. The summed E-state index contributed by atoms with van der Waals surface area (Å²) in [6.45, 7) is 2.99. The van der Waals surface area contributed by atoms with Crippen LogP contribution in [0.3, 0.4) is 0 Å². The molecule has 0 spiro atoms. The van der Waals surface area contributed by atoms with Crippen molar-refractivity contribution in [2.45, 2.75) is 12.5 Å². The van der Waals surface area contributed by atoms with Crippen LogP contribution in [-0.2, 0) is 4.79 Å². The lowest BCUT2D eigenvalue weighted by molar-refractivity contribution is -0.112. The normalized spacial score (nSPS) is 23.3. The molecule has 72 valence electrons. The highest BCUT2D eigenvalue weighted by Crippen LogP contribution is 2.02. The van der Waals surface area contributed by atoms with E-state index in [0.29, 0.717) is 12.5 Å². The van der Waals surface area contributed by atoms with Gasteiger partial charge in [-0.1, -0.05) is 5.92 Å². The number of amides is 1. The molecule has 13 heavy (non-hydrogen) atoms. The fourth-order valence-corrected chi connectivity index (χ4v) is 1.35. The molecule has 3 N–H and O–H groups in total. The van der Waals surface area contributed by atoms with E-state index in [1.54, 1.807) is 0 Å². The van der Waals surface area contributed by atoms with Gasteiger partial charge in [-0.05, 0) is 13.0 Å². The van der Waals surface area contributed by atoms with Crippen molar-refractivity contribution in [2.75, 3.05) is 26.7 Å². The number of nitrogens with zero attached hydrogens (tertiary/aromatic N) is 1. The minimum atomic E-state index is -0.550. The third-order valence-electron chi connectivity index (χ3n) is 2.19. The number of piperazine rings is 1. The Hall–Kier alpha value is -1.05. The topological polar surface area (TPSA) is 58.4 Å². The second-order valence-corrected chi connectivity index (χ2v) is 3.21. The van der Waals surface area contributed by atoms with Gasteiger partial charge in [0.05, 0.1) is 0 Å². The highest BCUT2D eigenvalue weighted by Gasteiger charge is 2.16. The standard InChI is InChI=1S/C9H15N3O/c1-12-6-5-11-7-8(12)3-2-4-9(10)13/h8,11H,3,5-7H2,1H3,(H2,10,13). The van der Waals surface area contributed by atoms with Crippen LogP contribution in [0.4, 0.5) is 0 Å². The van der Waals surface area contributed by atoms with Crippen LogP contribution in [-0.4, -0.2) is 43.5 Å². The third kappa shape index (κ3) is 3.45. The van der Waals surface area contributed by atoms with Crippen LogP contribution in [0.1, 0.15) is 6.42 Å². The van der Waals surface area contributed by atoms with Gasteiger partial charge in [-0.15, -0.1) is 0 Å². The number of nitrogens with one attached hydrogen (secondary N) is 1. The summed E-state index contributed by atoms with van der Waals surface area (Å²) in [4.78, 5) is 12.6. The van der Waals surface area contributed by atoms with Crippen LogP contribution in [0.5, 0.6) is 0 Å². The van der Waals surface area contributed by atoms with E-state index in [-0.39, 0.29) is 0 Å². The van der Waals surface area contributed by atoms with Crippen molar-refractivity contribution in [3.05, 3.63) is 0 Å². The van der Waals surface area contributed by atoms with Crippen molar-refractivity contribution in [1.29, 1.82) is 0 Å². The summed E-state index contributed by atoms with van der Waals surface area (Å²) >= 11 is 0. The largest absolute Gasteiger partial charge is 0.359 e. The number of nitrogens with two attached hydrogens (primary N) is 1. The summed E-state index contributed by atoms with van der Waals surface area (Å²) in [6.07, 6.45) is 0.701. The van der Waals surface area contributed by atoms with Crippen LogP contribution < -0.4 is 11.1 Å². The molecule has 0 bridgehead atoms. The maximum atomic E-state index is 10.3. The van der Waals surface area contributed by atoms with Crippen LogP contribution in [0.25, 0.3) is 0 Å². The molecule has 1 rings (SSSR count). The Morgan fingerprint density at radius 2 is 2.54 bits per heavy atom. The second-order valence-electron chi connectivity index (χ2n) is 3.21. The Morgan fingerprint density at radius 3 is 3.15 bits per heavy atom. The van der Waals surface area contributed by atoms with Gasteiger partial charge in [0, 0.05) is 32.1 Å². The molecule has 0 aromatic rings. The van der Waals surface area contributed by atoms with Gasteiger partial charge >= 0.3 is 0 Å². The Bertz CT molecular complexity index is 241. The highest BCUT2D eigenvalue weighted by atomic mass is 16.1. The number of primary amides is 1. The number of rotatable bonds is 1. The van der Waals surface area contributed by atoms with E-state index in [9.17, 15) is 4.79 Å². The maximum Gasteiger partial charge on any atom is 0.293 e. The summed E-state index contributed by atoms with van der Waals surface area (Å²) in [6, 6.07) is 0.403. The zero-order valence-corrected chi connectivity index (χ0v) is 7.84. The van der Waals surface area contributed by atoms with Crippen LogP contribution in [0.15, 0.2) is 0 Å². The number of likely N-dealkylation sites (N-methyl/N-ethyl adjacent to an activating group) is 1. The molecule has 1 amide bonds. The zero-order chi connectivity index (χ0) is 9.68. The number of carbonyl (C=O) groups excluding carboxylic acids is 1. The molecule has 1 atom stereocenters. The van der Waals surface area contributed by atoms with Gasteiger partial charge in [-0.3, -0.25) is 9.69 Å². The quantitative estimate of drug-likeness (QED) is 0.498. The number of carbonyl (C=O) groups is 1. The Labute approximate surface area is 78.5 Å². The van der Waals surface area contributed by atoms with E-state index < -0.39 is 5.91 Å². The Balaban J connectivity index is 2.35. The van der Waals surface area contributed by atoms with Crippen molar-refractivity contribution < 1.29 is 4.79 Å². The molecule has 4 nitrogen and oxygen atoms in total. The molecule has 0 saturated carbocycles. The molecular weight excluding hydrogens is 166 g/mol. The van der Waals surface area contributed by atoms with E-state index in [2.05, 4.69) is 29.1 Å². The average Bonchev–Trinajstić information content (AvgIpc) is 2.08. The fraction of sp³-hybridized carbons (Fsp3) is 0.667. The molecule has 0 radical (unpaired) electrons.